The van der Waals surface area contributed by atoms with Gasteiger partial charge in [-0.05, 0) is 30.5 Å². The quantitative estimate of drug-likeness (QED) is 0.753. The molecule has 3 aromatic rings. The Labute approximate surface area is 158 Å². The molecular weight excluding hydrogens is 342 g/mol. The van der Waals surface area contributed by atoms with Crippen LogP contribution in [0.2, 0.25) is 0 Å². The number of fused-ring (bicyclic) bond motifs is 1. The number of amides is 1. The topological polar surface area (TPSA) is 67.6 Å². The number of carbonyl (C=O) groups is 1. The molecule has 0 bridgehead atoms. The second kappa shape index (κ2) is 7.80. The molecule has 2 aromatic carbocycles. The molecule has 1 aromatic heterocycles. The van der Waals surface area contributed by atoms with Crippen LogP contribution in [0.3, 0.4) is 0 Å². The molecule has 4 rings (SSSR count). The van der Waals surface area contributed by atoms with Crippen molar-refractivity contribution in [2.45, 2.75) is 38.6 Å². The third kappa shape index (κ3) is 3.66. The minimum Gasteiger partial charge on any atom is -0.445 e. The number of nitrogens with zero attached hydrogens (tertiary/aromatic N) is 3. The second-order valence-electron chi connectivity index (χ2n) is 6.82. The molecule has 140 valence electrons. The summed E-state index contributed by atoms with van der Waals surface area (Å²) in [4.78, 5) is 18.9. The number of aliphatic hydroxyl groups excluding tert-OH is 1. The highest BCUT2D eigenvalue weighted by Crippen LogP contribution is 2.24. The van der Waals surface area contributed by atoms with E-state index in [0.29, 0.717) is 18.9 Å². The first-order chi connectivity index (χ1) is 13.3. The van der Waals surface area contributed by atoms with E-state index in [2.05, 4.69) is 4.98 Å². The van der Waals surface area contributed by atoms with E-state index in [1.165, 1.54) is 0 Å². The number of hydrogen-bond acceptors (Lipinski definition) is 4. The molecule has 1 aliphatic heterocycles. The monoisotopic (exact) mass is 365 g/mol. The van der Waals surface area contributed by atoms with Crippen LogP contribution in [-0.2, 0) is 24.5 Å². The summed E-state index contributed by atoms with van der Waals surface area (Å²) in [5.74, 6) is 0.626. The lowest BCUT2D eigenvalue weighted by Crippen LogP contribution is -2.38. The maximum atomic E-state index is 12.6. The highest BCUT2D eigenvalue weighted by Gasteiger charge is 2.31. The number of likely N-dealkylation sites (tertiary alicyclic amines) is 1. The summed E-state index contributed by atoms with van der Waals surface area (Å²) in [6.07, 6.45) is 1.58. The van der Waals surface area contributed by atoms with Gasteiger partial charge in [0.25, 0.3) is 0 Å². The first-order valence-electron chi connectivity index (χ1n) is 9.28. The number of carbonyl (C=O) groups excluding carboxylic acids is 1. The molecule has 6 nitrogen and oxygen atoms in total. The van der Waals surface area contributed by atoms with Gasteiger partial charge >= 0.3 is 6.09 Å². The van der Waals surface area contributed by atoms with E-state index in [4.69, 9.17) is 4.74 Å². The minimum atomic E-state index is -0.281. The zero-order chi connectivity index (χ0) is 18.6. The van der Waals surface area contributed by atoms with Gasteiger partial charge in [-0.15, -0.1) is 0 Å². The van der Waals surface area contributed by atoms with Crippen molar-refractivity contribution < 1.29 is 14.6 Å². The van der Waals surface area contributed by atoms with Gasteiger partial charge in [0.1, 0.15) is 19.0 Å². The van der Waals surface area contributed by atoms with Crippen LogP contribution >= 0.6 is 0 Å². The van der Waals surface area contributed by atoms with Gasteiger partial charge in [-0.1, -0.05) is 42.5 Å². The van der Waals surface area contributed by atoms with E-state index in [1.807, 2.05) is 59.2 Å². The van der Waals surface area contributed by atoms with Crippen molar-refractivity contribution in [3.05, 3.63) is 66.0 Å². The number of rotatable bonds is 5. The van der Waals surface area contributed by atoms with E-state index in [1.54, 1.807) is 4.90 Å². The van der Waals surface area contributed by atoms with Crippen molar-refractivity contribution in [1.82, 2.24) is 14.5 Å². The third-order valence-electron chi connectivity index (χ3n) is 5.09. The largest absolute Gasteiger partial charge is 0.445 e. The Morgan fingerprint density at radius 1 is 1.15 bits per heavy atom. The molecule has 0 aliphatic carbocycles. The molecule has 2 heterocycles. The first-order valence-corrected chi connectivity index (χ1v) is 9.28. The summed E-state index contributed by atoms with van der Waals surface area (Å²) in [7, 11) is 0. The molecule has 0 saturated carbocycles. The van der Waals surface area contributed by atoms with Gasteiger partial charge in [-0.2, -0.15) is 0 Å². The summed E-state index contributed by atoms with van der Waals surface area (Å²) < 4.78 is 7.53. The molecular formula is C21H23N3O3. The number of hydrogen-bond donors (Lipinski definition) is 1. The summed E-state index contributed by atoms with van der Waals surface area (Å²) in [6, 6.07) is 17.6. The zero-order valence-corrected chi connectivity index (χ0v) is 15.1. The Morgan fingerprint density at radius 2 is 1.93 bits per heavy atom. The molecule has 0 radical (unpaired) electrons. The molecule has 1 atom stereocenters. The lowest BCUT2D eigenvalue weighted by atomic mass is 10.2. The number of aromatic nitrogens is 2. The molecule has 0 spiro atoms. The van der Waals surface area contributed by atoms with Crippen molar-refractivity contribution in [2.75, 3.05) is 6.54 Å². The van der Waals surface area contributed by atoms with Gasteiger partial charge < -0.3 is 19.3 Å². The second-order valence-corrected chi connectivity index (χ2v) is 6.82. The minimum absolute atomic E-state index is 0.0381. The SMILES string of the molecule is O=C(OCc1ccccc1)N1CCC[C@H]1Cn1c(CO)nc2ccccc21. The van der Waals surface area contributed by atoms with Crippen molar-refractivity contribution >= 4 is 17.1 Å². The number of imidazole rings is 1. The van der Waals surface area contributed by atoms with Gasteiger partial charge in [0, 0.05) is 13.1 Å². The fraction of sp³-hybridized carbons (Fsp3) is 0.333. The van der Waals surface area contributed by atoms with Crippen molar-refractivity contribution in [3.63, 3.8) is 0 Å². The van der Waals surface area contributed by atoms with Gasteiger partial charge in [0.05, 0.1) is 17.1 Å². The number of benzene rings is 2. The van der Waals surface area contributed by atoms with Gasteiger partial charge in [0.2, 0.25) is 0 Å². The zero-order valence-electron chi connectivity index (χ0n) is 15.1. The van der Waals surface area contributed by atoms with E-state index in [0.717, 1.165) is 29.4 Å². The lowest BCUT2D eigenvalue weighted by Gasteiger charge is -2.25. The van der Waals surface area contributed by atoms with E-state index in [-0.39, 0.29) is 25.3 Å². The number of ether oxygens (including phenoxy) is 1. The summed E-state index contributed by atoms with van der Waals surface area (Å²) in [5.41, 5.74) is 2.81. The molecule has 1 aliphatic rings. The highest BCUT2D eigenvalue weighted by molar-refractivity contribution is 5.76. The Hall–Kier alpha value is -2.86. The first kappa shape index (κ1) is 17.5. The molecule has 0 unspecified atom stereocenters. The van der Waals surface area contributed by atoms with Crippen LogP contribution in [0.15, 0.2) is 54.6 Å². The number of aliphatic hydroxyl groups is 1. The van der Waals surface area contributed by atoms with Crippen LogP contribution in [0.1, 0.15) is 24.2 Å². The average Bonchev–Trinajstić information content (AvgIpc) is 3.32. The Kier molecular flexibility index (Phi) is 5.07. The third-order valence-corrected chi connectivity index (χ3v) is 5.09. The normalized spacial score (nSPS) is 16.8. The summed E-state index contributed by atoms with van der Waals surface area (Å²) in [6.45, 7) is 1.45. The molecule has 1 amide bonds. The molecule has 6 heteroatoms. The Morgan fingerprint density at radius 3 is 2.74 bits per heavy atom. The maximum absolute atomic E-state index is 12.6. The van der Waals surface area contributed by atoms with Gasteiger partial charge in [-0.25, -0.2) is 9.78 Å². The highest BCUT2D eigenvalue weighted by atomic mass is 16.6. The van der Waals surface area contributed by atoms with E-state index >= 15 is 0 Å². The van der Waals surface area contributed by atoms with Crippen LogP contribution in [0.5, 0.6) is 0 Å². The van der Waals surface area contributed by atoms with Crippen LogP contribution < -0.4 is 0 Å². The molecule has 1 fully saturated rings. The van der Waals surface area contributed by atoms with Crippen molar-refractivity contribution in [3.8, 4) is 0 Å². The maximum Gasteiger partial charge on any atom is 0.410 e. The fourth-order valence-corrected chi connectivity index (χ4v) is 3.73. The van der Waals surface area contributed by atoms with Crippen LogP contribution in [0.25, 0.3) is 11.0 Å². The van der Waals surface area contributed by atoms with Gasteiger partial charge in [0.15, 0.2) is 0 Å². The molecule has 1 N–H and O–H groups in total. The van der Waals surface area contributed by atoms with Crippen LogP contribution in [-0.4, -0.2) is 38.2 Å². The summed E-state index contributed by atoms with van der Waals surface area (Å²) >= 11 is 0. The van der Waals surface area contributed by atoms with Crippen molar-refractivity contribution in [2.24, 2.45) is 0 Å². The van der Waals surface area contributed by atoms with Crippen LogP contribution in [0, 0.1) is 0 Å². The predicted molar refractivity (Wildman–Crippen MR) is 102 cm³/mol. The Bertz CT molecular complexity index is 923. The molecule has 1 saturated heterocycles. The summed E-state index contributed by atoms with van der Waals surface area (Å²) in [5, 5.41) is 9.69. The number of para-hydroxylation sites is 2. The predicted octanol–water partition coefficient (Wildman–Crippen LogP) is 3.33. The van der Waals surface area contributed by atoms with E-state index in [9.17, 15) is 9.90 Å². The average molecular weight is 365 g/mol. The fourth-order valence-electron chi connectivity index (χ4n) is 3.73. The smallest absolute Gasteiger partial charge is 0.410 e. The van der Waals surface area contributed by atoms with Gasteiger partial charge in [-0.3, -0.25) is 0 Å². The van der Waals surface area contributed by atoms with E-state index < -0.39 is 0 Å². The van der Waals surface area contributed by atoms with Crippen LogP contribution in [0.4, 0.5) is 4.79 Å². The Balaban J connectivity index is 1.48. The van der Waals surface area contributed by atoms with Crippen molar-refractivity contribution in [1.29, 1.82) is 0 Å². The lowest BCUT2D eigenvalue weighted by molar-refractivity contribution is 0.0893. The standard InChI is InChI=1S/C21H23N3O3/c25-14-20-22-18-10-4-5-11-19(18)24(20)13-17-9-6-12-23(17)21(26)27-15-16-7-2-1-3-8-16/h1-5,7-8,10-11,17,25H,6,9,12-15H2/t17-/m0/s1. The molecule has 27 heavy (non-hydrogen) atoms.